The molecular formula is C46H31NO. The second-order valence-corrected chi connectivity index (χ2v) is 12.1. The fourth-order valence-electron chi connectivity index (χ4n) is 6.97. The van der Waals surface area contributed by atoms with Gasteiger partial charge in [0.1, 0.15) is 11.5 Å². The van der Waals surface area contributed by atoms with E-state index in [2.05, 4.69) is 193 Å². The van der Waals surface area contributed by atoms with E-state index in [1.807, 2.05) is 0 Å². The molecule has 2 heteroatoms. The van der Waals surface area contributed by atoms with Crippen molar-refractivity contribution in [3.05, 3.63) is 188 Å². The van der Waals surface area contributed by atoms with E-state index in [1.165, 1.54) is 27.8 Å². The molecule has 1 heterocycles. The minimum atomic E-state index is 0.872. The molecule has 8 aromatic rings. The van der Waals surface area contributed by atoms with Crippen LogP contribution in [0.1, 0.15) is 0 Å². The zero-order valence-corrected chi connectivity index (χ0v) is 26.3. The van der Waals surface area contributed by atoms with Crippen molar-refractivity contribution in [1.29, 1.82) is 0 Å². The van der Waals surface area contributed by atoms with Crippen molar-refractivity contribution < 1.29 is 4.74 Å². The Hall–Kier alpha value is -6.38. The van der Waals surface area contributed by atoms with Gasteiger partial charge in [-0.25, -0.2) is 0 Å². The summed E-state index contributed by atoms with van der Waals surface area (Å²) in [6.45, 7) is 0. The molecule has 1 aliphatic heterocycles. The molecule has 0 unspecified atom stereocenters. The van der Waals surface area contributed by atoms with E-state index >= 15 is 0 Å². The Morgan fingerprint density at radius 3 is 1.42 bits per heavy atom. The summed E-state index contributed by atoms with van der Waals surface area (Å²) in [4.78, 5) is 2.37. The van der Waals surface area contributed by atoms with Crippen LogP contribution in [0.15, 0.2) is 188 Å². The van der Waals surface area contributed by atoms with Crippen LogP contribution in [0.25, 0.3) is 55.3 Å². The second-order valence-electron chi connectivity index (χ2n) is 12.1. The van der Waals surface area contributed by atoms with E-state index in [1.54, 1.807) is 0 Å². The molecule has 9 rings (SSSR count). The SMILES string of the molecule is c1ccc(-c2ccc(N(c3ccc(-c4ccccc4)cc3)c3ccc(-c4ccccc4)c4c3-c3cccc5cccc(c35)O4)cc2)cc1. The largest absolute Gasteiger partial charge is 0.455 e. The average Bonchev–Trinajstić information content (AvgIpc) is 3.17. The van der Waals surface area contributed by atoms with Crippen LogP contribution in [0.4, 0.5) is 17.1 Å². The van der Waals surface area contributed by atoms with E-state index < -0.39 is 0 Å². The minimum absolute atomic E-state index is 0.872. The molecule has 0 aromatic heterocycles. The summed E-state index contributed by atoms with van der Waals surface area (Å²) < 4.78 is 6.92. The Morgan fingerprint density at radius 2 is 0.854 bits per heavy atom. The van der Waals surface area contributed by atoms with Gasteiger partial charge in [0.25, 0.3) is 0 Å². The maximum Gasteiger partial charge on any atom is 0.145 e. The topological polar surface area (TPSA) is 12.5 Å². The normalized spacial score (nSPS) is 11.5. The molecule has 8 aromatic carbocycles. The third-order valence-electron chi connectivity index (χ3n) is 9.27. The van der Waals surface area contributed by atoms with Gasteiger partial charge in [0.15, 0.2) is 0 Å². The number of hydrogen-bond donors (Lipinski definition) is 0. The Morgan fingerprint density at radius 1 is 0.354 bits per heavy atom. The fourth-order valence-corrected chi connectivity index (χ4v) is 6.97. The second kappa shape index (κ2) is 11.8. The lowest BCUT2D eigenvalue weighted by Gasteiger charge is -2.32. The number of ether oxygens (including phenoxy) is 1. The molecule has 0 N–H and O–H groups in total. The van der Waals surface area contributed by atoms with Crippen molar-refractivity contribution in [2.24, 2.45) is 0 Å². The molecule has 1 aliphatic rings. The Labute approximate surface area is 280 Å². The number of rotatable bonds is 6. The highest BCUT2D eigenvalue weighted by Gasteiger charge is 2.29. The molecule has 0 saturated carbocycles. The zero-order valence-electron chi connectivity index (χ0n) is 26.3. The van der Waals surface area contributed by atoms with Gasteiger partial charge in [0.2, 0.25) is 0 Å². The minimum Gasteiger partial charge on any atom is -0.455 e. The van der Waals surface area contributed by atoms with Crippen LogP contribution in [-0.4, -0.2) is 0 Å². The van der Waals surface area contributed by atoms with Crippen LogP contribution in [0, 0.1) is 0 Å². The first-order chi connectivity index (χ1) is 23.8. The highest BCUT2D eigenvalue weighted by atomic mass is 16.5. The van der Waals surface area contributed by atoms with E-state index in [4.69, 9.17) is 4.74 Å². The van der Waals surface area contributed by atoms with Crippen LogP contribution >= 0.6 is 0 Å². The summed E-state index contributed by atoms with van der Waals surface area (Å²) in [5.74, 6) is 1.76. The van der Waals surface area contributed by atoms with Gasteiger partial charge in [0, 0.05) is 27.9 Å². The van der Waals surface area contributed by atoms with Crippen LogP contribution in [0.5, 0.6) is 11.5 Å². The molecule has 0 bridgehead atoms. The Kier molecular flexibility index (Phi) is 6.84. The first-order valence-electron chi connectivity index (χ1n) is 16.4. The molecule has 0 atom stereocenters. The van der Waals surface area contributed by atoms with Gasteiger partial charge in [-0.15, -0.1) is 0 Å². The van der Waals surface area contributed by atoms with Gasteiger partial charge in [-0.2, -0.15) is 0 Å². The summed E-state index contributed by atoms with van der Waals surface area (Å²) in [6, 6.07) is 66.7. The third kappa shape index (κ3) is 4.83. The molecule has 0 fully saturated rings. The first-order valence-corrected chi connectivity index (χ1v) is 16.4. The van der Waals surface area contributed by atoms with Crippen LogP contribution < -0.4 is 9.64 Å². The van der Waals surface area contributed by atoms with Gasteiger partial charge in [0.05, 0.1) is 5.69 Å². The third-order valence-corrected chi connectivity index (χ3v) is 9.27. The lowest BCUT2D eigenvalue weighted by Crippen LogP contribution is -2.13. The van der Waals surface area contributed by atoms with Gasteiger partial charge in [-0.05, 0) is 81.2 Å². The van der Waals surface area contributed by atoms with Crippen molar-refractivity contribution in [1.82, 2.24) is 0 Å². The van der Waals surface area contributed by atoms with E-state index in [-0.39, 0.29) is 0 Å². The molecule has 0 spiro atoms. The number of fused-ring (bicyclic) bond motifs is 2. The van der Waals surface area contributed by atoms with Crippen LogP contribution in [-0.2, 0) is 0 Å². The molecule has 2 nitrogen and oxygen atoms in total. The van der Waals surface area contributed by atoms with Crippen molar-refractivity contribution >= 4 is 27.8 Å². The van der Waals surface area contributed by atoms with Crippen molar-refractivity contribution in [3.63, 3.8) is 0 Å². The quantitative estimate of drug-likeness (QED) is 0.185. The number of anilines is 3. The summed E-state index contributed by atoms with van der Waals surface area (Å²) in [5.41, 5.74) is 12.4. The first kappa shape index (κ1) is 27.9. The Bertz CT molecular complexity index is 2290. The monoisotopic (exact) mass is 613 g/mol. The zero-order chi connectivity index (χ0) is 31.9. The summed E-state index contributed by atoms with van der Waals surface area (Å²) in [6.07, 6.45) is 0. The maximum atomic E-state index is 6.92. The predicted molar refractivity (Wildman–Crippen MR) is 200 cm³/mol. The van der Waals surface area contributed by atoms with E-state index in [0.29, 0.717) is 0 Å². The molecular weight excluding hydrogens is 583 g/mol. The summed E-state index contributed by atoms with van der Waals surface area (Å²) >= 11 is 0. The van der Waals surface area contributed by atoms with Crippen molar-refractivity contribution in [3.8, 4) is 56.0 Å². The van der Waals surface area contributed by atoms with E-state index in [9.17, 15) is 0 Å². The maximum absolute atomic E-state index is 6.92. The Balaban J connectivity index is 1.28. The number of benzene rings is 8. The lowest BCUT2D eigenvalue weighted by atomic mass is 9.89. The van der Waals surface area contributed by atoms with Gasteiger partial charge < -0.3 is 9.64 Å². The number of nitrogens with zero attached hydrogens (tertiary/aromatic N) is 1. The lowest BCUT2D eigenvalue weighted by molar-refractivity contribution is 0.489. The number of hydrogen-bond acceptors (Lipinski definition) is 2. The highest BCUT2D eigenvalue weighted by Crippen LogP contribution is 2.55. The van der Waals surface area contributed by atoms with Gasteiger partial charge >= 0.3 is 0 Å². The van der Waals surface area contributed by atoms with Gasteiger partial charge in [-0.1, -0.05) is 146 Å². The molecule has 48 heavy (non-hydrogen) atoms. The highest BCUT2D eigenvalue weighted by molar-refractivity contribution is 6.09. The molecule has 0 aliphatic carbocycles. The molecule has 0 radical (unpaired) electrons. The predicted octanol–water partition coefficient (Wildman–Crippen LogP) is 13.1. The van der Waals surface area contributed by atoms with Gasteiger partial charge in [-0.3, -0.25) is 0 Å². The molecule has 226 valence electrons. The smallest absolute Gasteiger partial charge is 0.145 e. The van der Waals surface area contributed by atoms with E-state index in [0.717, 1.165) is 56.0 Å². The van der Waals surface area contributed by atoms with Crippen LogP contribution in [0.2, 0.25) is 0 Å². The standard InChI is InChI=1S/C46H31NO/c1-4-12-32(13-5-1)34-22-26-38(27-23-34)47(39-28-24-35(25-29-39)33-14-6-2-7-15-33)42-31-30-40(36-16-8-3-9-17-36)46-45(42)41-20-10-18-37-19-11-21-43(48-46)44(37)41/h1-31H. The van der Waals surface area contributed by atoms with Crippen molar-refractivity contribution in [2.45, 2.75) is 0 Å². The fraction of sp³-hybridized carbons (Fsp3) is 0. The molecule has 0 saturated heterocycles. The molecule has 0 amide bonds. The summed E-state index contributed by atoms with van der Waals surface area (Å²) in [5, 5.41) is 2.30. The average molecular weight is 614 g/mol. The van der Waals surface area contributed by atoms with Crippen molar-refractivity contribution in [2.75, 3.05) is 4.90 Å². The summed E-state index contributed by atoms with van der Waals surface area (Å²) in [7, 11) is 0. The van der Waals surface area contributed by atoms with Crippen LogP contribution in [0.3, 0.4) is 0 Å².